The maximum absolute atomic E-state index is 12.6. The summed E-state index contributed by atoms with van der Waals surface area (Å²) < 4.78 is 4.96. The van der Waals surface area contributed by atoms with E-state index in [0.717, 1.165) is 0 Å². The highest BCUT2D eigenvalue weighted by Crippen LogP contribution is 2.55. The zero-order valence-electron chi connectivity index (χ0n) is 18.2. The lowest BCUT2D eigenvalue weighted by molar-refractivity contribution is -0.384. The van der Waals surface area contributed by atoms with Gasteiger partial charge in [-0.05, 0) is 35.4 Å². The molecular weight excluding hydrogens is 450 g/mol. The number of nitro groups is 1. The summed E-state index contributed by atoms with van der Waals surface area (Å²) in [4.78, 5) is 64.2. The van der Waals surface area contributed by atoms with E-state index in [1.165, 1.54) is 24.3 Å². The lowest BCUT2D eigenvalue weighted by Crippen LogP contribution is -2.40. The van der Waals surface area contributed by atoms with Gasteiger partial charge in [0.1, 0.15) is 6.61 Å². The van der Waals surface area contributed by atoms with E-state index in [-0.39, 0.29) is 43.0 Å². The molecule has 0 aromatic heterocycles. The Hall–Kier alpha value is -3.80. The predicted molar refractivity (Wildman–Crippen MR) is 112 cm³/mol. The number of nitrogens with one attached hydrogen (secondary N) is 1. The highest BCUT2D eigenvalue weighted by Gasteiger charge is 2.63. The summed E-state index contributed by atoms with van der Waals surface area (Å²) in [6.45, 7) is 1.71. The summed E-state index contributed by atoms with van der Waals surface area (Å²) in [6, 6.07) is 5.46. The Morgan fingerprint density at radius 1 is 1.15 bits per heavy atom. The number of hydrogen-bond donors (Lipinski definition) is 2. The smallest absolute Gasteiger partial charge is 0.407 e. The summed E-state index contributed by atoms with van der Waals surface area (Å²) in [7, 11) is 0. The van der Waals surface area contributed by atoms with Gasteiger partial charge in [0.05, 0.1) is 16.8 Å². The molecule has 1 aromatic carbocycles. The van der Waals surface area contributed by atoms with Crippen LogP contribution in [0, 0.1) is 39.7 Å². The van der Waals surface area contributed by atoms with Crippen molar-refractivity contribution in [1.82, 2.24) is 10.4 Å². The Bertz CT molecular complexity index is 1020. The number of nitro benzene ring substituents is 1. The molecule has 1 saturated carbocycles. The van der Waals surface area contributed by atoms with Crippen LogP contribution in [0.25, 0.3) is 0 Å². The second kappa shape index (κ2) is 9.21. The number of benzene rings is 1. The van der Waals surface area contributed by atoms with Gasteiger partial charge in [-0.15, -0.1) is 5.06 Å². The average molecular weight is 473 g/mol. The monoisotopic (exact) mass is 473 g/mol. The molecule has 180 valence electrons. The molecule has 2 bridgehead atoms. The molecule has 0 radical (unpaired) electrons. The summed E-state index contributed by atoms with van der Waals surface area (Å²) in [5.41, 5.74) is 0.445. The molecule has 2 N–H and O–H groups in total. The summed E-state index contributed by atoms with van der Waals surface area (Å²) in [6.07, 6.45) is 1.11. The first kappa shape index (κ1) is 23.4. The molecule has 1 saturated heterocycles. The van der Waals surface area contributed by atoms with Crippen molar-refractivity contribution >= 4 is 29.6 Å². The van der Waals surface area contributed by atoms with Crippen LogP contribution in [-0.2, 0) is 30.6 Å². The van der Waals surface area contributed by atoms with E-state index in [1.54, 1.807) is 0 Å². The van der Waals surface area contributed by atoms with Crippen molar-refractivity contribution in [1.29, 1.82) is 0 Å². The maximum atomic E-state index is 12.6. The molecule has 12 nitrogen and oxygen atoms in total. The lowest BCUT2D eigenvalue weighted by atomic mass is 9.85. The van der Waals surface area contributed by atoms with Crippen molar-refractivity contribution in [2.45, 2.75) is 26.1 Å². The lowest BCUT2D eigenvalue weighted by Gasteiger charge is -2.19. The molecule has 2 aliphatic carbocycles. The summed E-state index contributed by atoms with van der Waals surface area (Å²) in [5, 5.41) is 23.5. The van der Waals surface area contributed by atoms with Gasteiger partial charge in [-0.1, -0.05) is 19.1 Å². The molecule has 6 atom stereocenters. The molecule has 34 heavy (non-hydrogen) atoms. The fourth-order valence-electron chi connectivity index (χ4n) is 4.84. The van der Waals surface area contributed by atoms with E-state index < -0.39 is 46.7 Å². The van der Waals surface area contributed by atoms with Crippen molar-refractivity contribution in [3.63, 3.8) is 0 Å². The largest absolute Gasteiger partial charge is 0.445 e. The number of hydroxylamine groups is 2. The van der Waals surface area contributed by atoms with Gasteiger partial charge in [0, 0.05) is 25.1 Å². The average Bonchev–Trinajstić information content (AvgIpc) is 3.40. The molecule has 1 heterocycles. The van der Waals surface area contributed by atoms with E-state index in [2.05, 4.69) is 5.32 Å². The normalized spacial score (nSPS) is 27.5. The molecule has 3 aliphatic rings. The van der Waals surface area contributed by atoms with Gasteiger partial charge in [-0.25, -0.2) is 9.59 Å². The number of fused-ring (bicyclic) bond motifs is 5. The molecular formula is C22H23N3O9. The van der Waals surface area contributed by atoms with Crippen molar-refractivity contribution in [3.8, 4) is 0 Å². The third-order valence-corrected chi connectivity index (χ3v) is 6.61. The number of nitrogens with zero attached hydrogens (tertiary/aromatic N) is 2. The van der Waals surface area contributed by atoms with Gasteiger partial charge in [0.25, 0.3) is 17.5 Å². The number of amides is 3. The number of hydrogen-bond acceptors (Lipinski definition) is 9. The van der Waals surface area contributed by atoms with Gasteiger partial charge >= 0.3 is 12.1 Å². The molecule has 12 heteroatoms. The minimum atomic E-state index is -1.68. The van der Waals surface area contributed by atoms with Crippen LogP contribution in [0.3, 0.4) is 0 Å². The SMILES string of the molecule is CC1C2C=CC1[C@@H]1C(=O)N(OC(=O)[C@@H](O)CCNC(=O)OCc3ccc([N+](=O)[O-])cc3)C(=O)[C@H]21. The minimum Gasteiger partial charge on any atom is -0.445 e. The molecule has 1 aliphatic heterocycles. The first-order valence-corrected chi connectivity index (χ1v) is 10.8. The summed E-state index contributed by atoms with van der Waals surface area (Å²) >= 11 is 0. The molecule has 4 rings (SSSR count). The fourth-order valence-corrected chi connectivity index (χ4v) is 4.84. The minimum absolute atomic E-state index is 0.0682. The molecule has 3 unspecified atom stereocenters. The number of aliphatic hydroxyl groups is 1. The Balaban J connectivity index is 1.19. The third-order valence-electron chi connectivity index (χ3n) is 6.61. The molecule has 1 aromatic rings. The Morgan fingerprint density at radius 2 is 1.74 bits per heavy atom. The number of ether oxygens (including phenoxy) is 1. The van der Waals surface area contributed by atoms with E-state index >= 15 is 0 Å². The first-order valence-electron chi connectivity index (χ1n) is 10.8. The molecule has 2 fully saturated rings. The zero-order chi connectivity index (χ0) is 24.6. The predicted octanol–water partition coefficient (Wildman–Crippen LogP) is 1.08. The Kier molecular flexibility index (Phi) is 6.33. The second-order valence-corrected chi connectivity index (χ2v) is 8.56. The van der Waals surface area contributed by atoms with Crippen LogP contribution in [-0.4, -0.2) is 51.6 Å². The quantitative estimate of drug-likeness (QED) is 0.243. The van der Waals surface area contributed by atoms with Crippen LogP contribution < -0.4 is 5.32 Å². The van der Waals surface area contributed by atoms with E-state index in [4.69, 9.17) is 9.57 Å². The fraction of sp³-hybridized carbons (Fsp3) is 0.455. The van der Waals surface area contributed by atoms with Gasteiger partial charge in [0.15, 0.2) is 6.10 Å². The highest BCUT2D eigenvalue weighted by atomic mass is 16.7. The number of non-ortho nitro benzene ring substituents is 1. The van der Waals surface area contributed by atoms with Crippen LogP contribution in [0.5, 0.6) is 0 Å². The number of rotatable bonds is 8. The third kappa shape index (κ3) is 4.23. The van der Waals surface area contributed by atoms with Crippen LogP contribution in [0.2, 0.25) is 0 Å². The van der Waals surface area contributed by atoms with Gasteiger partial charge in [-0.2, -0.15) is 0 Å². The highest BCUT2D eigenvalue weighted by molar-refractivity contribution is 6.06. The molecule has 3 amide bonds. The summed E-state index contributed by atoms with van der Waals surface area (Å²) in [5.74, 6) is -3.38. The van der Waals surface area contributed by atoms with Gasteiger partial charge in [-0.3, -0.25) is 19.7 Å². The van der Waals surface area contributed by atoms with Crippen LogP contribution in [0.15, 0.2) is 36.4 Å². The van der Waals surface area contributed by atoms with E-state index in [9.17, 15) is 34.4 Å². The van der Waals surface area contributed by atoms with E-state index in [1.807, 2.05) is 19.1 Å². The van der Waals surface area contributed by atoms with Crippen molar-refractivity contribution in [3.05, 3.63) is 52.1 Å². The number of imide groups is 1. The molecule has 0 spiro atoms. The number of allylic oxidation sites excluding steroid dienone is 2. The number of carbonyl (C=O) groups is 4. The topological polar surface area (TPSA) is 165 Å². The maximum Gasteiger partial charge on any atom is 0.407 e. The van der Waals surface area contributed by atoms with Crippen molar-refractivity contribution in [2.75, 3.05) is 6.54 Å². The van der Waals surface area contributed by atoms with Crippen LogP contribution >= 0.6 is 0 Å². The number of aliphatic hydroxyl groups excluding tert-OH is 1. The van der Waals surface area contributed by atoms with Crippen LogP contribution in [0.4, 0.5) is 10.5 Å². The number of alkyl carbamates (subject to hydrolysis) is 1. The van der Waals surface area contributed by atoms with Gasteiger partial charge < -0.3 is 20.0 Å². The number of carbonyl (C=O) groups excluding carboxylic acids is 4. The van der Waals surface area contributed by atoms with Crippen LogP contribution in [0.1, 0.15) is 18.9 Å². The standard InChI is InChI=1S/C22H23N3O9/c1-11-14-6-7-15(11)18-17(14)19(27)24(20(18)28)34-21(29)16(26)8-9-23-22(30)33-10-12-2-4-13(5-3-12)25(31)32/h2-7,11,14-18,26H,8-10H2,1H3,(H,23,30)/t11?,14?,15?,16-,17-,18+/m0/s1. The van der Waals surface area contributed by atoms with E-state index in [0.29, 0.717) is 10.6 Å². The second-order valence-electron chi connectivity index (χ2n) is 8.56. The first-order chi connectivity index (χ1) is 16.2. The Labute approximate surface area is 193 Å². The van der Waals surface area contributed by atoms with Crippen molar-refractivity contribution in [2.24, 2.45) is 29.6 Å². The van der Waals surface area contributed by atoms with Crippen molar-refractivity contribution < 1.29 is 38.8 Å². The zero-order valence-corrected chi connectivity index (χ0v) is 18.2. The van der Waals surface area contributed by atoms with Gasteiger partial charge in [0.2, 0.25) is 0 Å². The Morgan fingerprint density at radius 3 is 2.29 bits per heavy atom.